The average molecular weight is 446 g/mol. The molecule has 2 atom stereocenters. The van der Waals surface area contributed by atoms with Crippen LogP contribution in [0.5, 0.6) is 0 Å². The van der Waals surface area contributed by atoms with Gasteiger partial charge >= 0.3 is 0 Å². The lowest BCUT2D eigenvalue weighted by molar-refractivity contribution is -0.121. The molecule has 0 bridgehead atoms. The SMILES string of the molecule is CCC(CC)C(CNC(=NC)NCCC(=O)NC1CCS(=O)(=O)C1)N1CCOCC1. The Morgan fingerprint density at radius 1 is 1.20 bits per heavy atom. The maximum atomic E-state index is 12.1. The third kappa shape index (κ3) is 8.03. The van der Waals surface area contributed by atoms with Crippen LogP contribution in [0.25, 0.3) is 0 Å². The second kappa shape index (κ2) is 12.5. The summed E-state index contributed by atoms with van der Waals surface area (Å²) in [6.45, 7) is 9.17. The molecular weight excluding hydrogens is 406 g/mol. The van der Waals surface area contributed by atoms with Gasteiger partial charge in [0.25, 0.3) is 0 Å². The lowest BCUT2D eigenvalue weighted by Crippen LogP contribution is -2.53. The van der Waals surface area contributed by atoms with Gasteiger partial charge in [0, 0.05) is 51.7 Å². The summed E-state index contributed by atoms with van der Waals surface area (Å²) < 4.78 is 28.5. The first kappa shape index (κ1) is 24.9. The molecule has 2 heterocycles. The van der Waals surface area contributed by atoms with Gasteiger partial charge in [0.1, 0.15) is 0 Å². The number of morpholine rings is 1. The fourth-order valence-corrected chi connectivity index (χ4v) is 5.93. The van der Waals surface area contributed by atoms with E-state index in [9.17, 15) is 13.2 Å². The molecule has 9 nitrogen and oxygen atoms in total. The van der Waals surface area contributed by atoms with Gasteiger partial charge in [-0.25, -0.2) is 8.42 Å². The van der Waals surface area contributed by atoms with Crippen LogP contribution >= 0.6 is 0 Å². The zero-order valence-electron chi connectivity index (χ0n) is 18.7. The third-order valence-corrected chi connectivity index (χ3v) is 7.82. The van der Waals surface area contributed by atoms with Gasteiger partial charge in [-0.3, -0.25) is 14.7 Å². The summed E-state index contributed by atoms with van der Waals surface area (Å²) >= 11 is 0. The largest absolute Gasteiger partial charge is 0.379 e. The highest BCUT2D eigenvalue weighted by molar-refractivity contribution is 7.91. The van der Waals surface area contributed by atoms with Gasteiger partial charge in [0.2, 0.25) is 5.91 Å². The summed E-state index contributed by atoms with van der Waals surface area (Å²) in [5.74, 6) is 1.35. The van der Waals surface area contributed by atoms with E-state index in [1.807, 2.05) is 0 Å². The van der Waals surface area contributed by atoms with E-state index in [0.717, 1.165) is 45.7 Å². The van der Waals surface area contributed by atoms with Gasteiger partial charge in [-0.1, -0.05) is 26.7 Å². The molecule has 0 aromatic carbocycles. The molecule has 2 fully saturated rings. The molecule has 0 spiro atoms. The van der Waals surface area contributed by atoms with E-state index in [-0.39, 0.29) is 29.9 Å². The Morgan fingerprint density at radius 3 is 2.47 bits per heavy atom. The number of nitrogens with zero attached hydrogens (tertiary/aromatic N) is 2. The first-order chi connectivity index (χ1) is 14.4. The number of rotatable bonds is 10. The minimum Gasteiger partial charge on any atom is -0.379 e. The number of carbonyl (C=O) groups is 1. The summed E-state index contributed by atoms with van der Waals surface area (Å²) in [6, 6.07) is 0.157. The van der Waals surface area contributed by atoms with E-state index in [4.69, 9.17) is 4.74 Å². The van der Waals surface area contributed by atoms with Crippen LogP contribution < -0.4 is 16.0 Å². The van der Waals surface area contributed by atoms with Crippen LogP contribution in [0.3, 0.4) is 0 Å². The number of hydrogen-bond donors (Lipinski definition) is 3. The number of hydrogen-bond acceptors (Lipinski definition) is 6. The number of carbonyl (C=O) groups excluding carboxylic acids is 1. The van der Waals surface area contributed by atoms with Gasteiger partial charge < -0.3 is 20.7 Å². The lowest BCUT2D eigenvalue weighted by Gasteiger charge is -2.39. The first-order valence-electron chi connectivity index (χ1n) is 11.1. The molecule has 0 aliphatic carbocycles. The van der Waals surface area contributed by atoms with Crippen molar-refractivity contribution in [2.24, 2.45) is 10.9 Å². The van der Waals surface area contributed by atoms with Gasteiger partial charge in [0.05, 0.1) is 24.7 Å². The number of sulfone groups is 1. The van der Waals surface area contributed by atoms with Crippen molar-refractivity contribution >= 4 is 21.7 Å². The smallest absolute Gasteiger partial charge is 0.222 e. The van der Waals surface area contributed by atoms with E-state index in [2.05, 4.69) is 39.7 Å². The van der Waals surface area contributed by atoms with Crippen molar-refractivity contribution in [2.45, 2.75) is 51.6 Å². The second-order valence-corrected chi connectivity index (χ2v) is 10.3. The first-order valence-corrected chi connectivity index (χ1v) is 13.0. The topological polar surface area (TPSA) is 112 Å². The van der Waals surface area contributed by atoms with E-state index in [1.165, 1.54) is 0 Å². The highest BCUT2D eigenvalue weighted by Crippen LogP contribution is 2.19. The molecular formula is C20H39N5O4S. The fraction of sp³-hybridized carbons (Fsp3) is 0.900. The van der Waals surface area contributed by atoms with Gasteiger partial charge in [0.15, 0.2) is 15.8 Å². The average Bonchev–Trinajstić information content (AvgIpc) is 3.08. The molecule has 2 rings (SSSR count). The van der Waals surface area contributed by atoms with Crippen molar-refractivity contribution in [1.82, 2.24) is 20.9 Å². The normalized spacial score (nSPS) is 23.3. The molecule has 2 aliphatic heterocycles. The number of guanidine groups is 1. The van der Waals surface area contributed by atoms with Crippen LogP contribution in [-0.2, 0) is 19.4 Å². The van der Waals surface area contributed by atoms with Crippen LogP contribution in [0.1, 0.15) is 39.5 Å². The molecule has 3 N–H and O–H groups in total. The van der Waals surface area contributed by atoms with Crippen molar-refractivity contribution in [3.8, 4) is 0 Å². The quantitative estimate of drug-likeness (QED) is 0.320. The maximum Gasteiger partial charge on any atom is 0.222 e. The predicted octanol–water partition coefficient (Wildman–Crippen LogP) is -0.0182. The monoisotopic (exact) mass is 445 g/mol. The van der Waals surface area contributed by atoms with Crippen molar-refractivity contribution in [3.63, 3.8) is 0 Å². The van der Waals surface area contributed by atoms with Crippen LogP contribution in [0.4, 0.5) is 0 Å². The zero-order chi connectivity index (χ0) is 22.0. The van der Waals surface area contributed by atoms with Gasteiger partial charge in [-0.15, -0.1) is 0 Å². The van der Waals surface area contributed by atoms with E-state index in [1.54, 1.807) is 7.05 Å². The number of ether oxygens (including phenoxy) is 1. The summed E-state index contributed by atoms with van der Waals surface area (Å²) in [7, 11) is -1.26. The van der Waals surface area contributed by atoms with Gasteiger partial charge in [-0.05, 0) is 12.3 Å². The Bertz CT molecular complexity index is 660. The molecule has 2 aliphatic rings. The molecule has 10 heteroatoms. The third-order valence-electron chi connectivity index (χ3n) is 6.05. The van der Waals surface area contributed by atoms with Crippen LogP contribution in [0, 0.1) is 5.92 Å². The van der Waals surface area contributed by atoms with Crippen LogP contribution in [0.2, 0.25) is 0 Å². The lowest BCUT2D eigenvalue weighted by atomic mass is 9.92. The summed E-state index contributed by atoms with van der Waals surface area (Å²) in [4.78, 5) is 18.9. The Hall–Kier alpha value is -1.39. The zero-order valence-corrected chi connectivity index (χ0v) is 19.5. The Balaban J connectivity index is 1.76. The molecule has 1 amide bonds. The molecule has 0 aromatic rings. The Morgan fingerprint density at radius 2 is 1.90 bits per heavy atom. The Kier molecular flexibility index (Phi) is 10.3. The number of nitrogens with one attached hydrogen (secondary N) is 3. The highest BCUT2D eigenvalue weighted by Gasteiger charge is 2.29. The highest BCUT2D eigenvalue weighted by atomic mass is 32.2. The van der Waals surface area contributed by atoms with E-state index >= 15 is 0 Å². The molecule has 174 valence electrons. The molecule has 0 saturated carbocycles. The Labute approximate surface area is 181 Å². The summed E-state index contributed by atoms with van der Waals surface area (Å²) in [5, 5.41) is 9.42. The number of aliphatic imine (C=N–C) groups is 1. The fourth-order valence-electron chi connectivity index (χ4n) is 4.26. The molecule has 30 heavy (non-hydrogen) atoms. The van der Waals surface area contributed by atoms with Crippen molar-refractivity contribution in [1.29, 1.82) is 0 Å². The van der Waals surface area contributed by atoms with Crippen molar-refractivity contribution in [2.75, 3.05) is 57.9 Å². The molecule has 2 unspecified atom stereocenters. The maximum absolute atomic E-state index is 12.1. The van der Waals surface area contributed by atoms with Crippen molar-refractivity contribution < 1.29 is 17.9 Å². The van der Waals surface area contributed by atoms with Gasteiger partial charge in [-0.2, -0.15) is 0 Å². The molecule has 2 saturated heterocycles. The van der Waals surface area contributed by atoms with Crippen molar-refractivity contribution in [3.05, 3.63) is 0 Å². The standard InChI is InChI=1S/C20H39N5O4S/c1-4-16(5-2)18(25-9-11-29-12-10-25)14-23-20(21-3)22-8-6-19(26)24-17-7-13-30(27,28)15-17/h16-18H,4-15H2,1-3H3,(H,24,26)(H2,21,22,23). The van der Waals surface area contributed by atoms with Crippen LogP contribution in [0.15, 0.2) is 4.99 Å². The minimum absolute atomic E-state index is 0.0499. The summed E-state index contributed by atoms with van der Waals surface area (Å²) in [6.07, 6.45) is 3.03. The molecule has 0 aromatic heterocycles. The second-order valence-electron chi connectivity index (χ2n) is 8.09. The minimum atomic E-state index is -2.99. The molecule has 0 radical (unpaired) electrons. The van der Waals surface area contributed by atoms with E-state index < -0.39 is 9.84 Å². The predicted molar refractivity (Wildman–Crippen MR) is 119 cm³/mol. The van der Waals surface area contributed by atoms with E-state index in [0.29, 0.717) is 30.9 Å². The van der Waals surface area contributed by atoms with Crippen LogP contribution in [-0.4, -0.2) is 95.2 Å². The number of amides is 1. The summed E-state index contributed by atoms with van der Waals surface area (Å²) in [5.41, 5.74) is 0.